The zero-order chi connectivity index (χ0) is 21.1. The summed E-state index contributed by atoms with van der Waals surface area (Å²) in [6.07, 6.45) is 0. The van der Waals surface area contributed by atoms with Gasteiger partial charge in [0.15, 0.2) is 11.0 Å². The lowest BCUT2D eigenvalue weighted by atomic mass is 10.2. The Morgan fingerprint density at radius 3 is 2.40 bits per heavy atom. The summed E-state index contributed by atoms with van der Waals surface area (Å²) in [7, 11) is 0. The largest absolute Gasteiger partial charge is 0.494 e. The topological polar surface area (TPSA) is 78.9 Å². The normalized spacial score (nSPS) is 12.1. The Kier molecular flexibility index (Phi) is 6.19. The number of hydrogen-bond acceptors (Lipinski definition) is 7. The Balaban J connectivity index is 1.75. The van der Waals surface area contributed by atoms with E-state index in [1.807, 2.05) is 66.9 Å². The molecule has 9 heteroatoms. The Bertz CT molecular complexity index is 1130. The molecule has 7 nitrogen and oxygen atoms in total. The van der Waals surface area contributed by atoms with E-state index in [1.54, 1.807) is 6.92 Å². The van der Waals surface area contributed by atoms with Crippen molar-refractivity contribution in [3.8, 4) is 22.8 Å². The fourth-order valence-electron chi connectivity index (χ4n) is 2.91. The molecular weight excluding hydrogens is 466 g/mol. The van der Waals surface area contributed by atoms with Crippen LogP contribution in [0.25, 0.3) is 17.1 Å². The fourth-order valence-corrected chi connectivity index (χ4v) is 4.07. The highest BCUT2D eigenvalue weighted by molar-refractivity contribution is 9.10. The zero-order valence-electron chi connectivity index (χ0n) is 16.7. The van der Waals surface area contributed by atoms with E-state index in [-0.39, 0.29) is 5.25 Å². The number of aromatic nitrogens is 5. The third kappa shape index (κ3) is 4.41. The molecule has 2 aromatic heterocycles. The summed E-state index contributed by atoms with van der Waals surface area (Å²) in [5.41, 5.74) is 1.91. The molecule has 4 aromatic rings. The standard InChI is InChI=1S/C21H20BrN5O2S/c1-4-28-18-11-9-17(10-12-18)27-19(15-5-7-16(22)8-6-15)24-26-21(27)30-13(2)20-25-23-14(3)29-20/h5-13H,4H2,1-3H3. The second-order valence-corrected chi connectivity index (χ2v) is 8.72. The van der Waals surface area contributed by atoms with E-state index >= 15 is 0 Å². The van der Waals surface area contributed by atoms with E-state index in [0.717, 1.165) is 32.5 Å². The van der Waals surface area contributed by atoms with Gasteiger partial charge in [0.1, 0.15) is 5.75 Å². The smallest absolute Gasteiger partial charge is 0.229 e. The summed E-state index contributed by atoms with van der Waals surface area (Å²) < 4.78 is 14.2. The van der Waals surface area contributed by atoms with E-state index in [9.17, 15) is 0 Å². The van der Waals surface area contributed by atoms with E-state index in [0.29, 0.717) is 18.4 Å². The molecule has 0 amide bonds. The van der Waals surface area contributed by atoms with Crippen LogP contribution < -0.4 is 4.74 Å². The maximum Gasteiger partial charge on any atom is 0.229 e. The number of ether oxygens (including phenoxy) is 1. The van der Waals surface area contributed by atoms with Gasteiger partial charge in [0, 0.05) is 22.6 Å². The molecule has 1 atom stereocenters. The molecule has 154 valence electrons. The van der Waals surface area contributed by atoms with Crippen molar-refractivity contribution in [2.75, 3.05) is 6.61 Å². The van der Waals surface area contributed by atoms with Gasteiger partial charge in [-0.05, 0) is 50.2 Å². The highest BCUT2D eigenvalue weighted by atomic mass is 79.9. The number of nitrogens with zero attached hydrogens (tertiary/aromatic N) is 5. The monoisotopic (exact) mass is 485 g/mol. The molecule has 0 N–H and O–H groups in total. The highest BCUT2D eigenvalue weighted by Gasteiger charge is 2.22. The second-order valence-electron chi connectivity index (χ2n) is 6.49. The maximum atomic E-state index is 5.59. The average molecular weight is 486 g/mol. The van der Waals surface area contributed by atoms with Gasteiger partial charge in [0.25, 0.3) is 0 Å². The van der Waals surface area contributed by atoms with Gasteiger partial charge in [-0.25, -0.2) is 0 Å². The molecular formula is C21H20BrN5O2S. The predicted molar refractivity (Wildman–Crippen MR) is 119 cm³/mol. The van der Waals surface area contributed by atoms with E-state index in [4.69, 9.17) is 9.15 Å². The number of thioether (sulfide) groups is 1. The Hall–Kier alpha value is -2.65. The molecule has 30 heavy (non-hydrogen) atoms. The quantitative estimate of drug-likeness (QED) is 0.313. The molecule has 1 unspecified atom stereocenters. The molecule has 0 fully saturated rings. The third-order valence-electron chi connectivity index (χ3n) is 4.31. The van der Waals surface area contributed by atoms with Gasteiger partial charge < -0.3 is 9.15 Å². The average Bonchev–Trinajstić information content (AvgIpc) is 3.36. The van der Waals surface area contributed by atoms with Crippen molar-refractivity contribution in [1.29, 1.82) is 0 Å². The van der Waals surface area contributed by atoms with Gasteiger partial charge in [0.05, 0.1) is 11.9 Å². The van der Waals surface area contributed by atoms with Gasteiger partial charge in [-0.15, -0.1) is 20.4 Å². The summed E-state index contributed by atoms with van der Waals surface area (Å²) in [6.45, 7) is 6.38. The van der Waals surface area contributed by atoms with E-state index in [1.165, 1.54) is 11.8 Å². The number of benzene rings is 2. The van der Waals surface area contributed by atoms with Crippen molar-refractivity contribution in [3.05, 3.63) is 64.8 Å². The summed E-state index contributed by atoms with van der Waals surface area (Å²) in [5.74, 6) is 2.68. The summed E-state index contributed by atoms with van der Waals surface area (Å²) in [4.78, 5) is 0. The number of rotatable bonds is 7. The Morgan fingerprint density at radius 2 is 1.77 bits per heavy atom. The first kappa shape index (κ1) is 20.6. The number of aryl methyl sites for hydroxylation is 1. The fraction of sp³-hybridized carbons (Fsp3) is 0.238. The minimum atomic E-state index is -0.0744. The Labute approximate surface area is 187 Å². The lowest BCUT2D eigenvalue weighted by Crippen LogP contribution is -2.01. The van der Waals surface area contributed by atoms with Gasteiger partial charge in [-0.1, -0.05) is 39.8 Å². The second kappa shape index (κ2) is 9.01. The predicted octanol–water partition coefficient (Wildman–Crippen LogP) is 5.64. The van der Waals surface area contributed by atoms with Gasteiger partial charge in [0.2, 0.25) is 11.8 Å². The van der Waals surface area contributed by atoms with Crippen LogP contribution in [0.5, 0.6) is 5.75 Å². The van der Waals surface area contributed by atoms with Crippen molar-refractivity contribution in [2.45, 2.75) is 31.2 Å². The molecule has 0 saturated heterocycles. The van der Waals surface area contributed by atoms with Crippen LogP contribution in [0.15, 0.2) is 62.6 Å². The van der Waals surface area contributed by atoms with Crippen LogP contribution in [0.4, 0.5) is 0 Å². The van der Waals surface area contributed by atoms with Crippen LogP contribution in [0.3, 0.4) is 0 Å². The van der Waals surface area contributed by atoms with Crippen LogP contribution >= 0.6 is 27.7 Å². The first-order chi connectivity index (χ1) is 14.5. The zero-order valence-corrected chi connectivity index (χ0v) is 19.1. The molecule has 2 heterocycles. The Morgan fingerprint density at radius 1 is 1.03 bits per heavy atom. The van der Waals surface area contributed by atoms with Gasteiger partial charge in [-0.2, -0.15) is 0 Å². The van der Waals surface area contributed by atoms with Gasteiger partial charge in [-0.3, -0.25) is 4.57 Å². The van der Waals surface area contributed by atoms with Gasteiger partial charge >= 0.3 is 0 Å². The number of hydrogen-bond donors (Lipinski definition) is 0. The van der Waals surface area contributed by atoms with Crippen LogP contribution in [-0.4, -0.2) is 31.6 Å². The molecule has 0 spiro atoms. The van der Waals surface area contributed by atoms with E-state index in [2.05, 4.69) is 36.3 Å². The van der Waals surface area contributed by atoms with Crippen LogP contribution in [0.1, 0.15) is 30.9 Å². The molecule has 0 aliphatic rings. The van der Waals surface area contributed by atoms with Crippen molar-refractivity contribution < 1.29 is 9.15 Å². The van der Waals surface area contributed by atoms with Crippen LogP contribution in [-0.2, 0) is 0 Å². The van der Waals surface area contributed by atoms with Crippen molar-refractivity contribution in [3.63, 3.8) is 0 Å². The molecule has 0 saturated carbocycles. The molecule has 0 radical (unpaired) electrons. The third-order valence-corrected chi connectivity index (χ3v) is 5.87. The number of halogens is 1. The van der Waals surface area contributed by atoms with Crippen LogP contribution in [0, 0.1) is 6.92 Å². The SMILES string of the molecule is CCOc1ccc(-n2c(SC(C)c3nnc(C)o3)nnc2-c2ccc(Br)cc2)cc1. The molecule has 0 aliphatic heterocycles. The van der Waals surface area contributed by atoms with Crippen molar-refractivity contribution >= 4 is 27.7 Å². The highest BCUT2D eigenvalue weighted by Crippen LogP contribution is 2.36. The lowest BCUT2D eigenvalue weighted by Gasteiger charge is -2.13. The summed E-state index contributed by atoms with van der Waals surface area (Å²) in [5, 5.41) is 17.7. The van der Waals surface area contributed by atoms with Crippen molar-refractivity contribution in [1.82, 2.24) is 25.0 Å². The molecule has 2 aromatic carbocycles. The minimum Gasteiger partial charge on any atom is -0.494 e. The summed E-state index contributed by atoms with van der Waals surface area (Å²) >= 11 is 5.00. The maximum absolute atomic E-state index is 5.59. The first-order valence-corrected chi connectivity index (χ1v) is 11.1. The van der Waals surface area contributed by atoms with Crippen LogP contribution in [0.2, 0.25) is 0 Å². The minimum absolute atomic E-state index is 0.0744. The van der Waals surface area contributed by atoms with E-state index < -0.39 is 0 Å². The summed E-state index contributed by atoms with van der Waals surface area (Å²) in [6, 6.07) is 15.9. The first-order valence-electron chi connectivity index (χ1n) is 9.46. The molecule has 4 rings (SSSR count). The lowest BCUT2D eigenvalue weighted by molar-refractivity contribution is 0.340. The van der Waals surface area contributed by atoms with Crippen molar-refractivity contribution in [2.24, 2.45) is 0 Å². The molecule has 0 bridgehead atoms. The molecule has 0 aliphatic carbocycles.